The number of anilines is 2. The maximum Gasteiger partial charge on any atom is 0.225 e. The predicted molar refractivity (Wildman–Crippen MR) is 169 cm³/mol. The Morgan fingerprint density at radius 3 is 1.92 bits per heavy atom. The van der Waals surface area contributed by atoms with Crippen molar-refractivity contribution in [3.63, 3.8) is 0 Å². The number of aryl methyl sites for hydroxylation is 1. The van der Waals surface area contributed by atoms with E-state index in [4.69, 9.17) is 4.99 Å². The fourth-order valence-corrected chi connectivity index (χ4v) is 6.45. The molecule has 0 bridgehead atoms. The van der Waals surface area contributed by atoms with E-state index in [1.807, 2.05) is 0 Å². The van der Waals surface area contributed by atoms with Crippen molar-refractivity contribution in [1.29, 1.82) is 0 Å². The van der Waals surface area contributed by atoms with E-state index in [2.05, 4.69) is 124 Å². The highest BCUT2D eigenvalue weighted by Gasteiger charge is 2.43. The van der Waals surface area contributed by atoms with E-state index in [0.717, 1.165) is 46.6 Å². The molecule has 6 heteroatoms. The number of carbonyl (C=O) groups is 1. The zero-order valence-electron chi connectivity index (χ0n) is 24.3. The molecule has 0 unspecified atom stereocenters. The molecule has 206 valence electrons. The number of rotatable bonds is 10. The first kappa shape index (κ1) is 28.8. The maximum atomic E-state index is 13.0. The van der Waals surface area contributed by atoms with Crippen LogP contribution in [0.5, 0.6) is 0 Å². The fraction of sp³-hybridized carbons (Fsp3) is 0.394. The van der Waals surface area contributed by atoms with Gasteiger partial charge in [-0.2, -0.15) is 0 Å². The van der Waals surface area contributed by atoms with Gasteiger partial charge in [0.25, 0.3) is 0 Å². The quantitative estimate of drug-likeness (QED) is 0.268. The minimum Gasteiger partial charge on any atom is -0.378 e. The molecule has 0 aromatic heterocycles. The first-order valence-corrected chi connectivity index (χ1v) is 14.8. The maximum absolute atomic E-state index is 13.0. The van der Waals surface area contributed by atoms with Gasteiger partial charge in [-0.25, -0.2) is 4.99 Å². The lowest BCUT2D eigenvalue weighted by atomic mass is 9.82. The number of thioether (sulfide) groups is 1. The van der Waals surface area contributed by atoms with Crippen LogP contribution in [0.4, 0.5) is 17.1 Å². The fourth-order valence-electron chi connectivity index (χ4n) is 5.07. The lowest BCUT2D eigenvalue weighted by Crippen LogP contribution is -2.37. The highest BCUT2D eigenvalue weighted by atomic mass is 32.2. The Balaban J connectivity index is 1.79. The number of carbonyl (C=O) groups excluding carboxylic acids is 1. The number of aliphatic imine (C=N–C) groups is 1. The number of hydrogen-bond donors (Lipinski definition) is 1. The zero-order valence-corrected chi connectivity index (χ0v) is 25.1. The minimum atomic E-state index is -0.567. The predicted octanol–water partition coefficient (Wildman–Crippen LogP) is 7.63. The van der Waals surface area contributed by atoms with E-state index in [1.165, 1.54) is 24.8 Å². The lowest BCUT2D eigenvalue weighted by molar-refractivity contribution is -0.119. The van der Waals surface area contributed by atoms with Crippen molar-refractivity contribution < 1.29 is 4.79 Å². The number of amides is 1. The topological polar surface area (TPSA) is 47.9 Å². The van der Waals surface area contributed by atoms with Crippen LogP contribution in [0, 0.1) is 6.92 Å². The second-order valence-electron chi connectivity index (χ2n) is 10.8. The van der Waals surface area contributed by atoms with Crippen molar-refractivity contribution in [3.8, 4) is 0 Å². The van der Waals surface area contributed by atoms with Gasteiger partial charge >= 0.3 is 0 Å². The number of benzene rings is 3. The summed E-state index contributed by atoms with van der Waals surface area (Å²) >= 11 is 1.63. The van der Waals surface area contributed by atoms with Crippen LogP contribution in [0.1, 0.15) is 67.7 Å². The van der Waals surface area contributed by atoms with Crippen LogP contribution in [0.25, 0.3) is 0 Å². The van der Waals surface area contributed by atoms with Crippen LogP contribution < -0.4 is 15.1 Å². The van der Waals surface area contributed by atoms with Crippen molar-refractivity contribution >= 4 is 39.9 Å². The van der Waals surface area contributed by atoms with Gasteiger partial charge in [0.15, 0.2) is 5.17 Å². The van der Waals surface area contributed by atoms with Gasteiger partial charge in [-0.05, 0) is 54.8 Å². The largest absolute Gasteiger partial charge is 0.378 e. The van der Waals surface area contributed by atoms with Crippen molar-refractivity contribution in [2.45, 2.75) is 57.1 Å². The normalized spacial score (nSPS) is 13.8. The van der Waals surface area contributed by atoms with Gasteiger partial charge in [0.05, 0.1) is 5.69 Å². The van der Waals surface area contributed by atoms with E-state index in [1.54, 1.807) is 11.8 Å². The molecule has 1 aliphatic heterocycles. The van der Waals surface area contributed by atoms with Gasteiger partial charge in [0, 0.05) is 51.5 Å². The van der Waals surface area contributed by atoms with E-state index < -0.39 is 4.75 Å². The molecule has 0 spiro atoms. The molecule has 4 rings (SSSR count). The highest BCUT2D eigenvalue weighted by molar-refractivity contribution is 8.15. The lowest BCUT2D eigenvalue weighted by Gasteiger charge is -2.39. The standard InChI is InChI=1S/C33H42N4OS/c1-7-8-9-10-11-12-31(38)35-32-34-30-22-13-24(2)23-29(30)33(39-32,25-14-18-27(19-15-25)36(3)4)26-16-20-28(21-17-26)37(5)6/h13-23H,7-12H2,1-6H3,(H,34,35,38). The first-order valence-electron chi connectivity index (χ1n) is 14.0. The molecule has 3 aromatic carbocycles. The van der Waals surface area contributed by atoms with Crippen LogP contribution in [-0.2, 0) is 9.54 Å². The van der Waals surface area contributed by atoms with Crippen molar-refractivity contribution in [1.82, 2.24) is 5.32 Å². The summed E-state index contributed by atoms with van der Waals surface area (Å²) in [5.74, 6) is 0.0353. The van der Waals surface area contributed by atoms with Gasteiger partial charge in [0.2, 0.25) is 5.91 Å². The third kappa shape index (κ3) is 6.50. The molecule has 1 aliphatic rings. The number of amidine groups is 1. The van der Waals surface area contributed by atoms with E-state index in [9.17, 15) is 4.79 Å². The Labute approximate surface area is 238 Å². The Hall–Kier alpha value is -3.25. The molecule has 0 atom stereocenters. The molecule has 1 N–H and O–H groups in total. The number of hydrogen-bond acceptors (Lipinski definition) is 5. The molecule has 0 radical (unpaired) electrons. The van der Waals surface area contributed by atoms with Gasteiger partial charge in [-0.15, -0.1) is 0 Å². The van der Waals surface area contributed by atoms with Crippen LogP contribution in [0.2, 0.25) is 0 Å². The summed E-state index contributed by atoms with van der Waals surface area (Å²) in [6.45, 7) is 4.33. The summed E-state index contributed by atoms with van der Waals surface area (Å²) < 4.78 is -0.567. The molecule has 1 amide bonds. The SMILES string of the molecule is CCCCCCCC(=O)NC1=Nc2ccc(C)cc2C(c2ccc(N(C)C)cc2)(c2ccc(N(C)C)cc2)S1. The molecule has 3 aromatic rings. The molecule has 0 saturated carbocycles. The smallest absolute Gasteiger partial charge is 0.225 e. The van der Waals surface area contributed by atoms with Gasteiger partial charge in [0.1, 0.15) is 4.75 Å². The number of fused-ring (bicyclic) bond motifs is 1. The molecule has 39 heavy (non-hydrogen) atoms. The van der Waals surface area contributed by atoms with Crippen molar-refractivity contribution in [2.75, 3.05) is 38.0 Å². The van der Waals surface area contributed by atoms with Gasteiger partial charge in [-0.3, -0.25) is 4.79 Å². The number of nitrogens with one attached hydrogen (secondary N) is 1. The number of nitrogens with zero attached hydrogens (tertiary/aromatic N) is 3. The zero-order chi connectivity index (χ0) is 28.0. The third-order valence-electron chi connectivity index (χ3n) is 7.34. The summed E-state index contributed by atoms with van der Waals surface area (Å²) in [7, 11) is 8.23. The average Bonchev–Trinajstić information content (AvgIpc) is 2.93. The summed E-state index contributed by atoms with van der Waals surface area (Å²) in [6, 6.07) is 24.0. The second-order valence-corrected chi connectivity index (χ2v) is 12.0. The monoisotopic (exact) mass is 542 g/mol. The summed E-state index contributed by atoms with van der Waals surface area (Å²) in [5, 5.41) is 3.83. The van der Waals surface area contributed by atoms with Crippen molar-refractivity contribution in [3.05, 3.63) is 89.0 Å². The van der Waals surface area contributed by atoms with Gasteiger partial charge in [-0.1, -0.05) is 86.3 Å². The van der Waals surface area contributed by atoms with Crippen LogP contribution in [0.3, 0.4) is 0 Å². The Kier molecular flexibility index (Phi) is 9.39. The average molecular weight is 543 g/mol. The van der Waals surface area contributed by atoms with Gasteiger partial charge < -0.3 is 15.1 Å². The molecule has 0 aliphatic carbocycles. The first-order chi connectivity index (χ1) is 18.7. The van der Waals surface area contributed by atoms with E-state index in [-0.39, 0.29) is 5.91 Å². The molecule has 0 saturated heterocycles. The summed E-state index contributed by atoms with van der Waals surface area (Å²) in [5.41, 5.74) is 7.82. The molecule has 0 fully saturated rings. The molecule has 1 heterocycles. The molecular formula is C33H42N4OS. The summed E-state index contributed by atoms with van der Waals surface area (Å²) in [6.07, 6.45) is 6.12. The Morgan fingerprint density at radius 1 is 0.821 bits per heavy atom. The van der Waals surface area contributed by atoms with Crippen LogP contribution in [0.15, 0.2) is 71.7 Å². The van der Waals surface area contributed by atoms with Crippen molar-refractivity contribution in [2.24, 2.45) is 4.99 Å². The Bertz CT molecular complexity index is 1240. The Morgan fingerprint density at radius 2 is 1.38 bits per heavy atom. The second kappa shape index (κ2) is 12.7. The van der Waals surface area contributed by atoms with Crippen LogP contribution >= 0.6 is 11.8 Å². The minimum absolute atomic E-state index is 0.0353. The third-order valence-corrected chi connectivity index (χ3v) is 8.72. The summed E-state index contributed by atoms with van der Waals surface area (Å²) in [4.78, 5) is 22.2. The van der Waals surface area contributed by atoms with Crippen LogP contribution in [-0.4, -0.2) is 39.3 Å². The van der Waals surface area contributed by atoms with E-state index in [0.29, 0.717) is 11.6 Å². The highest BCUT2D eigenvalue weighted by Crippen LogP contribution is 2.54. The number of unbranched alkanes of at least 4 members (excludes halogenated alkanes) is 4. The molecular weight excluding hydrogens is 500 g/mol. The van der Waals surface area contributed by atoms with E-state index >= 15 is 0 Å². The molecule has 5 nitrogen and oxygen atoms in total.